The second-order valence-electron chi connectivity index (χ2n) is 8.10. The summed E-state index contributed by atoms with van der Waals surface area (Å²) in [5, 5.41) is 14.0. The van der Waals surface area contributed by atoms with E-state index < -0.39 is 22.8 Å². The quantitative estimate of drug-likeness (QED) is 0.257. The molecular weight excluding hydrogens is 472 g/mol. The van der Waals surface area contributed by atoms with Crippen LogP contribution >= 0.6 is 0 Å². The van der Waals surface area contributed by atoms with Gasteiger partial charge in [-0.3, -0.25) is 24.7 Å². The number of amides is 2. The molecule has 1 heterocycles. The van der Waals surface area contributed by atoms with Gasteiger partial charge in [-0.2, -0.15) is 0 Å². The van der Waals surface area contributed by atoms with Crippen molar-refractivity contribution >= 4 is 23.2 Å². The van der Waals surface area contributed by atoms with Gasteiger partial charge >= 0.3 is 0 Å². The highest BCUT2D eigenvalue weighted by atomic mass is 16.6. The Kier molecular flexibility index (Phi) is 7.85. The molecule has 9 heteroatoms. The van der Waals surface area contributed by atoms with Crippen LogP contribution in [0.25, 0.3) is 0 Å². The molecule has 186 valence electrons. The Morgan fingerprint density at radius 2 is 1.62 bits per heavy atom. The minimum atomic E-state index is -1.09. The van der Waals surface area contributed by atoms with Crippen molar-refractivity contribution in [1.82, 2.24) is 9.88 Å². The molecule has 0 fully saturated rings. The molecule has 2 amide bonds. The van der Waals surface area contributed by atoms with Crippen LogP contribution in [0.15, 0.2) is 103 Å². The van der Waals surface area contributed by atoms with Gasteiger partial charge in [0.15, 0.2) is 6.04 Å². The lowest BCUT2D eigenvalue weighted by Crippen LogP contribution is -2.41. The maximum atomic E-state index is 13.8. The Hall–Kier alpha value is -5.05. The molecule has 1 unspecified atom stereocenters. The third-order valence-corrected chi connectivity index (χ3v) is 5.67. The standard InChI is InChI=1S/C28H24N4O5/c1-37-24-16-12-22(13-17-24)30-27(33)26(25-9-5-6-18-29-25)31(19-20-7-3-2-4-8-20)28(34)21-10-14-23(15-11-21)32(35)36/h2-18,26H,19H2,1H3,(H,30,33). The molecule has 0 aliphatic rings. The molecule has 0 aliphatic heterocycles. The zero-order valence-electron chi connectivity index (χ0n) is 20.0. The lowest BCUT2D eigenvalue weighted by Gasteiger charge is -2.31. The first kappa shape index (κ1) is 25.1. The number of benzene rings is 3. The Labute approximate surface area is 213 Å². The Morgan fingerprint density at radius 1 is 0.946 bits per heavy atom. The van der Waals surface area contributed by atoms with Crippen LogP contribution in [0.5, 0.6) is 5.75 Å². The van der Waals surface area contributed by atoms with E-state index in [0.717, 1.165) is 5.56 Å². The van der Waals surface area contributed by atoms with Gasteiger partial charge in [-0.15, -0.1) is 0 Å². The number of aromatic nitrogens is 1. The highest BCUT2D eigenvalue weighted by molar-refractivity contribution is 6.01. The van der Waals surface area contributed by atoms with E-state index >= 15 is 0 Å². The minimum Gasteiger partial charge on any atom is -0.497 e. The van der Waals surface area contributed by atoms with Crippen molar-refractivity contribution in [2.75, 3.05) is 12.4 Å². The normalized spacial score (nSPS) is 11.3. The van der Waals surface area contributed by atoms with Crippen LogP contribution in [0.1, 0.15) is 27.7 Å². The molecule has 37 heavy (non-hydrogen) atoms. The van der Waals surface area contributed by atoms with Gasteiger partial charge in [-0.1, -0.05) is 36.4 Å². The predicted molar refractivity (Wildman–Crippen MR) is 138 cm³/mol. The molecular formula is C28H24N4O5. The number of non-ortho nitro benzene ring substituents is 1. The first-order chi connectivity index (χ1) is 18.0. The summed E-state index contributed by atoms with van der Waals surface area (Å²) in [6, 6.07) is 25.4. The van der Waals surface area contributed by atoms with Crippen LogP contribution in [0.4, 0.5) is 11.4 Å². The summed E-state index contributed by atoms with van der Waals surface area (Å²) >= 11 is 0. The van der Waals surface area contributed by atoms with Crippen LogP contribution in [-0.4, -0.2) is 33.7 Å². The highest BCUT2D eigenvalue weighted by Gasteiger charge is 2.33. The average Bonchev–Trinajstić information content (AvgIpc) is 2.94. The second-order valence-corrected chi connectivity index (χ2v) is 8.10. The molecule has 0 bridgehead atoms. The van der Waals surface area contributed by atoms with Crippen molar-refractivity contribution in [3.8, 4) is 5.75 Å². The molecule has 1 aromatic heterocycles. The zero-order valence-corrected chi connectivity index (χ0v) is 20.0. The number of hydrogen-bond donors (Lipinski definition) is 1. The fraction of sp³-hybridized carbons (Fsp3) is 0.107. The van der Waals surface area contributed by atoms with Crippen molar-refractivity contribution in [2.24, 2.45) is 0 Å². The summed E-state index contributed by atoms with van der Waals surface area (Å²) in [6.45, 7) is 0.105. The third-order valence-electron chi connectivity index (χ3n) is 5.67. The van der Waals surface area contributed by atoms with E-state index in [9.17, 15) is 19.7 Å². The van der Waals surface area contributed by atoms with Crippen LogP contribution in [0, 0.1) is 10.1 Å². The average molecular weight is 497 g/mol. The van der Waals surface area contributed by atoms with Gasteiger partial charge in [0, 0.05) is 36.1 Å². The van der Waals surface area contributed by atoms with Crippen LogP contribution < -0.4 is 10.1 Å². The number of nitrogens with zero attached hydrogens (tertiary/aromatic N) is 3. The topological polar surface area (TPSA) is 115 Å². The first-order valence-electron chi connectivity index (χ1n) is 11.4. The summed E-state index contributed by atoms with van der Waals surface area (Å²) in [5.74, 6) is -0.298. The predicted octanol–water partition coefficient (Wildman–Crippen LogP) is 5.02. The van der Waals surface area contributed by atoms with Gasteiger partial charge in [0.05, 0.1) is 17.7 Å². The van der Waals surface area contributed by atoms with Gasteiger partial charge in [-0.25, -0.2) is 0 Å². The third kappa shape index (κ3) is 6.15. The number of rotatable bonds is 9. The molecule has 3 aromatic carbocycles. The van der Waals surface area contributed by atoms with E-state index in [4.69, 9.17) is 4.74 Å². The summed E-state index contributed by atoms with van der Waals surface area (Å²) in [6.07, 6.45) is 1.56. The Balaban J connectivity index is 1.74. The van der Waals surface area contributed by atoms with E-state index in [1.807, 2.05) is 30.3 Å². The first-order valence-corrected chi connectivity index (χ1v) is 11.4. The molecule has 0 aliphatic carbocycles. The molecule has 0 radical (unpaired) electrons. The molecule has 0 spiro atoms. The van der Waals surface area contributed by atoms with Gasteiger partial charge < -0.3 is 15.0 Å². The van der Waals surface area contributed by atoms with Gasteiger partial charge in [-0.05, 0) is 54.1 Å². The number of pyridine rings is 1. The number of nitro benzene ring substituents is 1. The molecule has 4 rings (SSSR count). The second kappa shape index (κ2) is 11.6. The van der Waals surface area contributed by atoms with Gasteiger partial charge in [0.25, 0.3) is 17.5 Å². The summed E-state index contributed by atoms with van der Waals surface area (Å²) in [7, 11) is 1.55. The lowest BCUT2D eigenvalue weighted by molar-refractivity contribution is -0.384. The number of nitro groups is 1. The van der Waals surface area contributed by atoms with E-state index in [1.165, 1.54) is 29.2 Å². The number of anilines is 1. The number of ether oxygens (including phenoxy) is 1. The summed E-state index contributed by atoms with van der Waals surface area (Å²) < 4.78 is 5.18. The monoisotopic (exact) mass is 496 g/mol. The van der Waals surface area contributed by atoms with Crippen LogP contribution in [-0.2, 0) is 11.3 Å². The van der Waals surface area contributed by atoms with Crippen molar-refractivity contribution < 1.29 is 19.2 Å². The summed E-state index contributed by atoms with van der Waals surface area (Å²) in [4.78, 5) is 43.9. The summed E-state index contributed by atoms with van der Waals surface area (Å²) in [5.41, 5.74) is 1.77. The van der Waals surface area contributed by atoms with Crippen molar-refractivity contribution in [2.45, 2.75) is 12.6 Å². The maximum Gasteiger partial charge on any atom is 0.269 e. The molecule has 0 saturated carbocycles. The van der Waals surface area contributed by atoms with Gasteiger partial charge in [0.1, 0.15) is 5.75 Å². The number of methoxy groups -OCH3 is 1. The minimum absolute atomic E-state index is 0.105. The molecule has 4 aromatic rings. The molecule has 1 atom stereocenters. The number of hydrogen-bond acceptors (Lipinski definition) is 6. The molecule has 1 N–H and O–H groups in total. The van der Waals surface area contributed by atoms with Crippen LogP contribution in [0.3, 0.4) is 0 Å². The van der Waals surface area contributed by atoms with E-state index in [2.05, 4.69) is 10.3 Å². The van der Waals surface area contributed by atoms with E-state index in [0.29, 0.717) is 17.1 Å². The maximum absolute atomic E-state index is 13.8. The Bertz CT molecular complexity index is 1360. The van der Waals surface area contributed by atoms with Crippen LogP contribution in [0.2, 0.25) is 0 Å². The smallest absolute Gasteiger partial charge is 0.269 e. The Morgan fingerprint density at radius 3 is 2.22 bits per heavy atom. The largest absolute Gasteiger partial charge is 0.497 e. The SMILES string of the molecule is COc1ccc(NC(=O)C(c2ccccn2)N(Cc2ccccc2)C(=O)c2ccc([N+](=O)[O-])cc2)cc1. The highest BCUT2D eigenvalue weighted by Crippen LogP contribution is 2.27. The molecule has 9 nitrogen and oxygen atoms in total. The van der Waals surface area contributed by atoms with E-state index in [1.54, 1.807) is 55.8 Å². The number of carbonyl (C=O) groups excluding carboxylic acids is 2. The number of nitrogens with one attached hydrogen (secondary N) is 1. The zero-order chi connectivity index (χ0) is 26.2. The van der Waals surface area contributed by atoms with Crippen molar-refractivity contribution in [1.29, 1.82) is 0 Å². The molecule has 0 saturated heterocycles. The number of carbonyl (C=O) groups is 2. The van der Waals surface area contributed by atoms with Crippen molar-refractivity contribution in [3.63, 3.8) is 0 Å². The van der Waals surface area contributed by atoms with Gasteiger partial charge in [0.2, 0.25) is 0 Å². The fourth-order valence-corrected chi connectivity index (χ4v) is 3.81. The fourth-order valence-electron chi connectivity index (χ4n) is 3.81. The lowest BCUT2D eigenvalue weighted by atomic mass is 10.1. The van der Waals surface area contributed by atoms with Crippen molar-refractivity contribution in [3.05, 3.63) is 130 Å². The van der Waals surface area contributed by atoms with E-state index in [-0.39, 0.29) is 17.8 Å².